The number of thiophene rings is 1. The fourth-order valence-electron chi connectivity index (χ4n) is 3.13. The first-order valence-electron chi connectivity index (χ1n) is 9.19. The van der Waals surface area contributed by atoms with Crippen molar-refractivity contribution in [1.29, 1.82) is 0 Å². The Morgan fingerprint density at radius 3 is 2.69 bits per heavy atom. The summed E-state index contributed by atoms with van der Waals surface area (Å²) in [7, 11) is 0. The van der Waals surface area contributed by atoms with Crippen molar-refractivity contribution in [2.45, 2.75) is 13.0 Å². The molecule has 2 aromatic carbocycles. The molecule has 0 spiro atoms. The fraction of sp³-hybridized carbons (Fsp3) is 0.130. The predicted molar refractivity (Wildman–Crippen MR) is 114 cm³/mol. The van der Waals surface area contributed by atoms with Crippen LogP contribution in [0.5, 0.6) is 5.75 Å². The van der Waals surface area contributed by atoms with E-state index in [2.05, 4.69) is 5.32 Å². The quantitative estimate of drug-likeness (QED) is 0.469. The summed E-state index contributed by atoms with van der Waals surface area (Å²) in [5.74, 6) is 0.246. The SMILES string of the molecule is C[C@H](NC(=O)COc1ccc2c(-c3ccccc3)cc(=O)oc2c1)c1cccs1. The van der Waals surface area contributed by atoms with E-state index in [4.69, 9.17) is 9.15 Å². The Kier molecular flexibility index (Phi) is 5.44. The Hall–Kier alpha value is -3.38. The Bertz CT molecular complexity index is 1180. The average molecular weight is 405 g/mol. The van der Waals surface area contributed by atoms with Gasteiger partial charge in [-0.1, -0.05) is 36.4 Å². The third kappa shape index (κ3) is 4.38. The van der Waals surface area contributed by atoms with Gasteiger partial charge in [-0.05, 0) is 41.6 Å². The van der Waals surface area contributed by atoms with E-state index in [1.165, 1.54) is 6.07 Å². The minimum atomic E-state index is -0.434. The molecule has 2 aromatic heterocycles. The first kappa shape index (κ1) is 19.0. The number of rotatable bonds is 6. The van der Waals surface area contributed by atoms with E-state index in [1.54, 1.807) is 23.5 Å². The lowest BCUT2D eigenvalue weighted by Gasteiger charge is -2.13. The lowest BCUT2D eigenvalue weighted by Crippen LogP contribution is -2.30. The molecular weight excluding hydrogens is 386 g/mol. The molecule has 0 bridgehead atoms. The highest BCUT2D eigenvalue weighted by molar-refractivity contribution is 7.10. The van der Waals surface area contributed by atoms with Crippen molar-refractivity contribution in [3.63, 3.8) is 0 Å². The average Bonchev–Trinajstić information content (AvgIpc) is 3.27. The van der Waals surface area contributed by atoms with Crippen LogP contribution in [0, 0.1) is 0 Å². The molecule has 0 aliphatic heterocycles. The van der Waals surface area contributed by atoms with Crippen molar-refractivity contribution in [3.8, 4) is 16.9 Å². The van der Waals surface area contributed by atoms with Gasteiger partial charge in [-0.25, -0.2) is 4.79 Å². The Morgan fingerprint density at radius 2 is 1.93 bits per heavy atom. The summed E-state index contributed by atoms with van der Waals surface area (Å²) in [6.45, 7) is 1.81. The van der Waals surface area contributed by atoms with E-state index in [1.807, 2.05) is 60.8 Å². The van der Waals surface area contributed by atoms with E-state index in [9.17, 15) is 9.59 Å². The summed E-state index contributed by atoms with van der Waals surface area (Å²) in [5, 5.41) is 5.68. The molecule has 0 saturated carbocycles. The number of nitrogens with one attached hydrogen (secondary N) is 1. The molecule has 0 radical (unpaired) electrons. The largest absolute Gasteiger partial charge is 0.484 e. The summed E-state index contributed by atoms with van der Waals surface area (Å²) in [4.78, 5) is 25.3. The van der Waals surface area contributed by atoms with Crippen molar-refractivity contribution in [2.24, 2.45) is 0 Å². The van der Waals surface area contributed by atoms with E-state index in [0.29, 0.717) is 11.3 Å². The van der Waals surface area contributed by atoms with Crippen LogP contribution in [-0.2, 0) is 4.79 Å². The number of carbonyl (C=O) groups excluding carboxylic acids is 1. The third-order valence-corrected chi connectivity index (χ3v) is 5.57. The topological polar surface area (TPSA) is 68.5 Å². The molecule has 0 aliphatic carbocycles. The number of amides is 1. The lowest BCUT2D eigenvalue weighted by molar-refractivity contribution is -0.123. The Labute approximate surface area is 171 Å². The van der Waals surface area contributed by atoms with Gasteiger partial charge in [-0.3, -0.25) is 4.79 Å². The zero-order chi connectivity index (χ0) is 20.2. The van der Waals surface area contributed by atoms with Gasteiger partial charge < -0.3 is 14.5 Å². The van der Waals surface area contributed by atoms with Crippen LogP contribution in [0.2, 0.25) is 0 Å². The Balaban J connectivity index is 1.51. The van der Waals surface area contributed by atoms with Crippen LogP contribution < -0.4 is 15.7 Å². The van der Waals surface area contributed by atoms with Crippen LogP contribution in [0.1, 0.15) is 17.8 Å². The van der Waals surface area contributed by atoms with Crippen LogP contribution in [0.4, 0.5) is 0 Å². The molecular formula is C23H19NO4S. The summed E-state index contributed by atoms with van der Waals surface area (Å²) in [6.07, 6.45) is 0. The fourth-order valence-corrected chi connectivity index (χ4v) is 3.86. The minimum absolute atomic E-state index is 0.0749. The molecule has 4 rings (SSSR count). The number of hydrogen-bond donors (Lipinski definition) is 1. The zero-order valence-corrected chi connectivity index (χ0v) is 16.6. The molecule has 4 aromatic rings. The molecule has 146 valence electrons. The standard InChI is InChI=1S/C23H19NO4S/c1-15(21-8-5-11-29-21)24-22(25)14-27-17-9-10-18-19(16-6-3-2-4-7-16)13-23(26)28-20(18)12-17/h2-13,15H,14H2,1H3,(H,24,25)/t15-/m0/s1. The number of benzene rings is 2. The van der Waals surface area contributed by atoms with Crippen LogP contribution in [0.15, 0.2) is 81.3 Å². The van der Waals surface area contributed by atoms with Crippen molar-refractivity contribution < 1.29 is 13.9 Å². The van der Waals surface area contributed by atoms with E-state index in [0.717, 1.165) is 21.4 Å². The molecule has 0 aliphatic rings. The second kappa shape index (κ2) is 8.32. The summed E-state index contributed by atoms with van der Waals surface area (Å²) in [6, 6.07) is 20.2. The number of hydrogen-bond acceptors (Lipinski definition) is 5. The third-order valence-electron chi connectivity index (χ3n) is 4.52. The zero-order valence-electron chi connectivity index (χ0n) is 15.8. The Morgan fingerprint density at radius 1 is 1.10 bits per heavy atom. The predicted octanol–water partition coefficient (Wildman–Crippen LogP) is 4.78. The highest BCUT2D eigenvalue weighted by Gasteiger charge is 2.12. The maximum atomic E-state index is 12.2. The molecule has 2 heterocycles. The van der Waals surface area contributed by atoms with Gasteiger partial charge in [0.15, 0.2) is 6.61 Å². The molecule has 1 amide bonds. The second-order valence-corrected chi connectivity index (χ2v) is 7.58. The van der Waals surface area contributed by atoms with E-state index < -0.39 is 5.63 Å². The summed E-state index contributed by atoms with van der Waals surface area (Å²) >= 11 is 1.59. The molecule has 0 saturated heterocycles. The molecule has 1 atom stereocenters. The maximum absolute atomic E-state index is 12.2. The van der Waals surface area contributed by atoms with Gasteiger partial charge in [0.1, 0.15) is 11.3 Å². The van der Waals surface area contributed by atoms with Crippen LogP contribution >= 0.6 is 11.3 Å². The lowest BCUT2D eigenvalue weighted by atomic mass is 10.0. The molecule has 29 heavy (non-hydrogen) atoms. The monoisotopic (exact) mass is 405 g/mol. The van der Waals surface area contributed by atoms with Crippen molar-refractivity contribution in [1.82, 2.24) is 5.32 Å². The summed E-state index contributed by atoms with van der Waals surface area (Å²) in [5.41, 5.74) is 1.71. The van der Waals surface area contributed by atoms with Gasteiger partial charge in [0.05, 0.1) is 6.04 Å². The van der Waals surface area contributed by atoms with Gasteiger partial charge in [0.2, 0.25) is 0 Å². The summed E-state index contributed by atoms with van der Waals surface area (Å²) < 4.78 is 11.0. The molecule has 1 N–H and O–H groups in total. The van der Waals surface area contributed by atoms with Crippen molar-refractivity contribution in [2.75, 3.05) is 6.61 Å². The van der Waals surface area contributed by atoms with Crippen LogP contribution in [0.25, 0.3) is 22.1 Å². The maximum Gasteiger partial charge on any atom is 0.336 e. The van der Waals surface area contributed by atoms with Crippen molar-refractivity contribution in [3.05, 3.63) is 87.4 Å². The minimum Gasteiger partial charge on any atom is -0.484 e. The highest BCUT2D eigenvalue weighted by Crippen LogP contribution is 2.29. The van der Waals surface area contributed by atoms with Gasteiger partial charge in [0.25, 0.3) is 5.91 Å². The molecule has 5 nitrogen and oxygen atoms in total. The van der Waals surface area contributed by atoms with Gasteiger partial charge >= 0.3 is 5.63 Å². The first-order chi connectivity index (χ1) is 14.1. The highest BCUT2D eigenvalue weighted by atomic mass is 32.1. The molecule has 0 fully saturated rings. The van der Waals surface area contributed by atoms with Crippen LogP contribution in [0.3, 0.4) is 0 Å². The number of carbonyl (C=O) groups is 1. The van der Waals surface area contributed by atoms with Gasteiger partial charge in [-0.15, -0.1) is 11.3 Å². The second-order valence-electron chi connectivity index (χ2n) is 6.60. The van der Waals surface area contributed by atoms with Crippen molar-refractivity contribution >= 4 is 28.2 Å². The normalized spacial score (nSPS) is 11.9. The number of fused-ring (bicyclic) bond motifs is 1. The van der Waals surface area contributed by atoms with Gasteiger partial charge in [-0.2, -0.15) is 0 Å². The molecule has 6 heteroatoms. The molecule has 0 unspecified atom stereocenters. The van der Waals surface area contributed by atoms with Crippen LogP contribution in [-0.4, -0.2) is 12.5 Å². The van der Waals surface area contributed by atoms with E-state index >= 15 is 0 Å². The van der Waals surface area contributed by atoms with Gasteiger partial charge in [0, 0.05) is 22.4 Å². The van der Waals surface area contributed by atoms with E-state index in [-0.39, 0.29) is 18.6 Å². The first-order valence-corrected chi connectivity index (χ1v) is 10.1. The number of ether oxygens (including phenoxy) is 1. The smallest absolute Gasteiger partial charge is 0.336 e.